The number of carbonyl (C=O) groups is 1. The standard InChI is InChI=1S/C17H22N6O4S/c1-10-15(23(26)27)16(20-19-10)28-9-13(24)18-14-11(2)21(3)22(17(14)25)12-7-5-4-6-8-12/h4-8,10,15-16,19-20H,9H2,1-3H3,(H,18,24). The fraction of sp³-hybridized carbons (Fsp3) is 0.412. The number of thioether (sulfide) groups is 1. The molecule has 10 nitrogen and oxygen atoms in total. The fourth-order valence-electron chi connectivity index (χ4n) is 3.13. The second-order valence-corrected chi connectivity index (χ2v) is 7.70. The Morgan fingerprint density at radius 3 is 2.64 bits per heavy atom. The summed E-state index contributed by atoms with van der Waals surface area (Å²) in [6, 6.07) is 7.94. The van der Waals surface area contributed by atoms with Crippen molar-refractivity contribution < 1.29 is 9.72 Å². The van der Waals surface area contributed by atoms with Gasteiger partial charge in [-0.3, -0.25) is 24.4 Å². The zero-order valence-corrected chi connectivity index (χ0v) is 16.5. The molecule has 0 saturated carbocycles. The lowest BCUT2D eigenvalue weighted by atomic mass is 10.2. The number of hydrogen-bond donors (Lipinski definition) is 3. The van der Waals surface area contributed by atoms with Crippen LogP contribution in [-0.2, 0) is 11.8 Å². The van der Waals surface area contributed by atoms with Crippen LogP contribution < -0.4 is 21.7 Å². The smallest absolute Gasteiger partial charge is 0.295 e. The molecule has 0 radical (unpaired) electrons. The van der Waals surface area contributed by atoms with Gasteiger partial charge in [-0.25, -0.2) is 15.5 Å². The number of nitrogens with one attached hydrogen (secondary N) is 3. The lowest BCUT2D eigenvalue weighted by molar-refractivity contribution is -0.521. The lowest BCUT2D eigenvalue weighted by Gasteiger charge is -2.13. The molecule has 150 valence electrons. The van der Waals surface area contributed by atoms with E-state index >= 15 is 0 Å². The van der Waals surface area contributed by atoms with Gasteiger partial charge >= 0.3 is 0 Å². The van der Waals surface area contributed by atoms with Gasteiger partial charge in [-0.2, -0.15) is 0 Å². The van der Waals surface area contributed by atoms with E-state index in [0.29, 0.717) is 11.4 Å². The van der Waals surface area contributed by atoms with Gasteiger partial charge in [-0.1, -0.05) is 18.2 Å². The zero-order valence-electron chi connectivity index (χ0n) is 15.7. The molecule has 1 aliphatic rings. The average molecular weight is 406 g/mol. The second-order valence-electron chi connectivity index (χ2n) is 6.57. The molecule has 0 aliphatic carbocycles. The van der Waals surface area contributed by atoms with Crippen LogP contribution in [0.25, 0.3) is 5.69 Å². The van der Waals surface area contributed by atoms with Crippen molar-refractivity contribution in [1.82, 2.24) is 20.2 Å². The number of rotatable bonds is 6. The summed E-state index contributed by atoms with van der Waals surface area (Å²) in [5.74, 6) is -0.408. The van der Waals surface area contributed by atoms with Crippen molar-refractivity contribution in [2.24, 2.45) is 7.05 Å². The Morgan fingerprint density at radius 1 is 1.32 bits per heavy atom. The quantitative estimate of drug-likeness (QED) is 0.475. The summed E-state index contributed by atoms with van der Waals surface area (Å²) in [7, 11) is 1.74. The Bertz CT molecular complexity index is 941. The molecule has 2 aromatic rings. The largest absolute Gasteiger partial charge is 0.319 e. The van der Waals surface area contributed by atoms with Crippen molar-refractivity contribution in [3.05, 3.63) is 56.5 Å². The van der Waals surface area contributed by atoms with E-state index in [1.165, 1.54) is 4.68 Å². The maximum absolute atomic E-state index is 12.8. The molecule has 1 amide bonds. The first kappa shape index (κ1) is 20.1. The van der Waals surface area contributed by atoms with Crippen LogP contribution in [-0.4, -0.2) is 43.4 Å². The van der Waals surface area contributed by atoms with Gasteiger partial charge in [0, 0.05) is 12.0 Å². The number of benzene rings is 1. The number of carbonyl (C=O) groups excluding carboxylic acids is 1. The van der Waals surface area contributed by atoms with Crippen LogP contribution in [0.5, 0.6) is 0 Å². The van der Waals surface area contributed by atoms with Crippen molar-refractivity contribution in [2.75, 3.05) is 11.1 Å². The van der Waals surface area contributed by atoms with Crippen LogP contribution in [0.3, 0.4) is 0 Å². The van der Waals surface area contributed by atoms with Gasteiger partial charge in [0.2, 0.25) is 5.91 Å². The van der Waals surface area contributed by atoms with Gasteiger partial charge in [0.15, 0.2) is 0 Å². The summed E-state index contributed by atoms with van der Waals surface area (Å²) in [6.45, 7) is 3.46. The van der Waals surface area contributed by atoms with Gasteiger partial charge < -0.3 is 5.32 Å². The van der Waals surface area contributed by atoms with E-state index in [1.807, 2.05) is 18.2 Å². The topological polar surface area (TPSA) is 123 Å². The molecule has 1 aliphatic heterocycles. The van der Waals surface area contributed by atoms with Crippen LogP contribution in [0.15, 0.2) is 35.1 Å². The highest BCUT2D eigenvalue weighted by atomic mass is 32.2. The summed E-state index contributed by atoms with van der Waals surface area (Å²) in [5.41, 5.74) is 6.83. The Balaban J connectivity index is 1.71. The summed E-state index contributed by atoms with van der Waals surface area (Å²) in [5, 5.41) is 13.3. The first-order valence-corrected chi connectivity index (χ1v) is 9.76. The van der Waals surface area contributed by atoms with E-state index in [-0.39, 0.29) is 33.9 Å². The summed E-state index contributed by atoms with van der Waals surface area (Å²) in [4.78, 5) is 36.0. The number of amides is 1. The van der Waals surface area contributed by atoms with Gasteiger partial charge in [0.25, 0.3) is 11.6 Å². The van der Waals surface area contributed by atoms with Crippen LogP contribution in [0, 0.1) is 17.0 Å². The fourth-order valence-corrected chi connectivity index (χ4v) is 4.22. The van der Waals surface area contributed by atoms with E-state index < -0.39 is 11.4 Å². The summed E-state index contributed by atoms with van der Waals surface area (Å²) >= 11 is 1.13. The van der Waals surface area contributed by atoms with Gasteiger partial charge in [-0.05, 0) is 26.0 Å². The molecule has 11 heteroatoms. The molecule has 3 N–H and O–H groups in total. The first-order valence-electron chi connectivity index (χ1n) is 8.71. The predicted octanol–water partition coefficient (Wildman–Crippen LogP) is 0.624. The van der Waals surface area contributed by atoms with E-state index in [0.717, 1.165) is 11.8 Å². The van der Waals surface area contributed by atoms with Crippen LogP contribution in [0.1, 0.15) is 12.6 Å². The highest BCUT2D eigenvalue weighted by Gasteiger charge is 2.42. The van der Waals surface area contributed by atoms with Crippen molar-refractivity contribution >= 4 is 23.4 Å². The number of nitrogens with zero attached hydrogens (tertiary/aromatic N) is 3. The number of anilines is 1. The summed E-state index contributed by atoms with van der Waals surface area (Å²) < 4.78 is 3.15. The van der Waals surface area contributed by atoms with Crippen molar-refractivity contribution in [2.45, 2.75) is 31.3 Å². The normalized spacial score (nSPS) is 21.6. The van der Waals surface area contributed by atoms with Crippen LogP contribution in [0.4, 0.5) is 5.69 Å². The second kappa shape index (κ2) is 8.17. The molecule has 3 rings (SSSR count). The number of hydrazine groups is 1. The third kappa shape index (κ3) is 3.81. The molecule has 0 spiro atoms. The number of nitro groups is 1. The Morgan fingerprint density at radius 2 is 2.00 bits per heavy atom. The molecule has 0 bridgehead atoms. The van der Waals surface area contributed by atoms with Gasteiger partial charge in [0.1, 0.15) is 11.1 Å². The van der Waals surface area contributed by atoms with E-state index in [4.69, 9.17) is 0 Å². The molecule has 1 aromatic heterocycles. The minimum absolute atomic E-state index is 0.0183. The molecular formula is C17H22N6O4S. The molecule has 28 heavy (non-hydrogen) atoms. The Kier molecular flexibility index (Phi) is 5.87. The molecule has 1 aromatic carbocycles. The van der Waals surface area contributed by atoms with E-state index in [2.05, 4.69) is 16.2 Å². The zero-order chi connectivity index (χ0) is 20.4. The maximum atomic E-state index is 12.8. The molecule has 3 unspecified atom stereocenters. The molecule has 2 heterocycles. The number of para-hydroxylation sites is 1. The monoisotopic (exact) mass is 406 g/mol. The van der Waals surface area contributed by atoms with Crippen molar-refractivity contribution in [3.8, 4) is 5.69 Å². The molecule has 3 atom stereocenters. The van der Waals surface area contributed by atoms with Crippen LogP contribution in [0.2, 0.25) is 0 Å². The predicted molar refractivity (Wildman–Crippen MR) is 107 cm³/mol. The SMILES string of the molecule is Cc1c(NC(=O)CSC2NNC(C)C2[N+](=O)[O-])c(=O)n(-c2ccccc2)n1C. The minimum Gasteiger partial charge on any atom is -0.319 e. The van der Waals surface area contributed by atoms with Gasteiger partial charge in [0.05, 0.1) is 23.2 Å². The third-order valence-corrected chi connectivity index (χ3v) is 5.92. The average Bonchev–Trinajstić information content (AvgIpc) is 3.13. The number of aromatic nitrogens is 2. The van der Waals surface area contributed by atoms with Gasteiger partial charge in [-0.15, -0.1) is 11.8 Å². The Hall–Kier alpha value is -2.63. The van der Waals surface area contributed by atoms with Crippen LogP contribution >= 0.6 is 11.8 Å². The maximum Gasteiger partial charge on any atom is 0.295 e. The Labute approximate surface area is 165 Å². The third-order valence-electron chi connectivity index (χ3n) is 4.73. The summed E-state index contributed by atoms with van der Waals surface area (Å²) in [6.07, 6.45) is 0. The van der Waals surface area contributed by atoms with E-state index in [1.54, 1.807) is 37.7 Å². The molecular weight excluding hydrogens is 384 g/mol. The molecule has 1 saturated heterocycles. The molecule has 1 fully saturated rings. The first-order chi connectivity index (χ1) is 13.3. The van der Waals surface area contributed by atoms with Crippen molar-refractivity contribution in [1.29, 1.82) is 0 Å². The minimum atomic E-state index is -0.841. The lowest BCUT2D eigenvalue weighted by Crippen LogP contribution is -2.37. The van der Waals surface area contributed by atoms with Crippen molar-refractivity contribution in [3.63, 3.8) is 0 Å². The van der Waals surface area contributed by atoms with E-state index in [9.17, 15) is 19.7 Å². The highest BCUT2D eigenvalue weighted by Crippen LogP contribution is 2.21. The highest BCUT2D eigenvalue weighted by molar-refractivity contribution is 8.00. The number of hydrogen-bond acceptors (Lipinski definition) is 7.